The number of hydrogen-bond donors (Lipinski definition) is 2. The van der Waals surface area contributed by atoms with Gasteiger partial charge in [0.1, 0.15) is 12.3 Å². The average molecular weight is 312 g/mol. The normalized spacial score (nSPS) is 17.2. The fourth-order valence-corrected chi connectivity index (χ4v) is 2.30. The van der Waals surface area contributed by atoms with Gasteiger partial charge >= 0.3 is 0 Å². The lowest BCUT2D eigenvalue weighted by atomic mass is 10.1. The molecule has 0 aliphatic carbocycles. The number of ether oxygens (including phenoxy) is 1. The third kappa shape index (κ3) is 3.46. The smallest absolute Gasteiger partial charge is 0.268 e. The molecule has 0 saturated carbocycles. The fraction of sp³-hybridized carbons (Fsp3) is 0.429. The van der Waals surface area contributed by atoms with Crippen LogP contribution in [0.25, 0.3) is 0 Å². The molecule has 7 heteroatoms. The summed E-state index contributed by atoms with van der Waals surface area (Å²) in [5, 5.41) is 3.13. The van der Waals surface area contributed by atoms with Crippen LogP contribution in [0.1, 0.15) is 13.3 Å². The summed E-state index contributed by atoms with van der Waals surface area (Å²) in [5.41, 5.74) is 5.86. The molecule has 1 aromatic carbocycles. The molecule has 3 N–H and O–H groups in total. The predicted molar refractivity (Wildman–Crippen MR) is 80.6 cm³/mol. The van der Waals surface area contributed by atoms with E-state index in [1.807, 2.05) is 6.92 Å². The molecule has 1 atom stereocenters. The van der Waals surface area contributed by atoms with Crippen molar-refractivity contribution in [3.63, 3.8) is 0 Å². The van der Waals surface area contributed by atoms with Crippen molar-refractivity contribution in [3.8, 4) is 5.75 Å². The van der Waals surface area contributed by atoms with Crippen LogP contribution < -0.4 is 20.7 Å². The Labute approximate surface area is 128 Å². The minimum absolute atomic E-state index is 0.0773. The Morgan fingerprint density at radius 3 is 2.95 bits per heavy atom. The lowest BCUT2D eigenvalue weighted by Gasteiger charge is -2.33. The van der Waals surface area contributed by atoms with Crippen molar-refractivity contribution in [1.82, 2.24) is 5.32 Å². The summed E-state index contributed by atoms with van der Waals surface area (Å²) in [6, 6.07) is 5.02. The van der Waals surface area contributed by atoms with Crippen LogP contribution in [0.15, 0.2) is 18.2 Å². The van der Waals surface area contributed by atoms with Gasteiger partial charge in [-0.25, -0.2) is 0 Å². The quantitative estimate of drug-likeness (QED) is 0.847. The molecule has 0 bridgehead atoms. The lowest BCUT2D eigenvalue weighted by Crippen LogP contribution is -2.50. The van der Waals surface area contributed by atoms with E-state index in [0.717, 1.165) is 0 Å². The summed E-state index contributed by atoms with van der Waals surface area (Å²) >= 11 is 5.97. The second-order valence-corrected chi connectivity index (χ2v) is 5.13. The molecule has 1 unspecified atom stereocenters. The molecule has 0 aromatic heterocycles. The molecule has 0 fully saturated rings. The van der Waals surface area contributed by atoms with Gasteiger partial charge in [0.25, 0.3) is 5.91 Å². The van der Waals surface area contributed by atoms with E-state index in [-0.39, 0.29) is 18.4 Å². The maximum atomic E-state index is 12.4. The first-order valence-corrected chi connectivity index (χ1v) is 7.19. The minimum Gasteiger partial charge on any atom is -0.478 e. The Kier molecular flexibility index (Phi) is 5.03. The van der Waals surface area contributed by atoms with E-state index >= 15 is 0 Å². The van der Waals surface area contributed by atoms with Gasteiger partial charge in [-0.1, -0.05) is 18.5 Å². The first kappa shape index (κ1) is 15.6. The zero-order valence-electron chi connectivity index (χ0n) is 11.8. The molecule has 1 aromatic rings. The van der Waals surface area contributed by atoms with Crippen LogP contribution in [0.5, 0.6) is 5.75 Å². The van der Waals surface area contributed by atoms with Gasteiger partial charge in [0.2, 0.25) is 5.91 Å². The zero-order valence-corrected chi connectivity index (χ0v) is 12.5. The second-order valence-electron chi connectivity index (χ2n) is 4.69. The van der Waals surface area contributed by atoms with Crippen molar-refractivity contribution in [2.45, 2.75) is 19.4 Å². The van der Waals surface area contributed by atoms with Crippen molar-refractivity contribution in [1.29, 1.82) is 0 Å². The molecule has 1 aliphatic heterocycles. The number of anilines is 1. The average Bonchev–Trinajstić information content (AvgIpc) is 2.48. The molecular weight excluding hydrogens is 294 g/mol. The SMILES string of the molecule is CCC1Oc2ccc(Cl)cc2N(CC(=O)NCCN)C1=O. The molecule has 1 aliphatic rings. The van der Waals surface area contributed by atoms with Gasteiger partial charge < -0.3 is 15.8 Å². The number of halogens is 1. The first-order chi connectivity index (χ1) is 10.1. The van der Waals surface area contributed by atoms with E-state index in [4.69, 9.17) is 22.1 Å². The van der Waals surface area contributed by atoms with Crippen molar-refractivity contribution in [2.75, 3.05) is 24.5 Å². The number of carbonyl (C=O) groups excluding carboxylic acids is 2. The number of nitrogens with one attached hydrogen (secondary N) is 1. The van der Waals surface area contributed by atoms with Crippen LogP contribution in [-0.4, -0.2) is 37.6 Å². The molecule has 0 spiro atoms. The molecule has 2 rings (SSSR count). The van der Waals surface area contributed by atoms with Crippen molar-refractivity contribution in [2.24, 2.45) is 5.73 Å². The number of hydrogen-bond acceptors (Lipinski definition) is 4. The maximum Gasteiger partial charge on any atom is 0.268 e. The van der Waals surface area contributed by atoms with Gasteiger partial charge in [0.05, 0.1) is 5.69 Å². The van der Waals surface area contributed by atoms with Gasteiger partial charge in [0.15, 0.2) is 6.10 Å². The van der Waals surface area contributed by atoms with Gasteiger partial charge in [-0.3, -0.25) is 14.5 Å². The summed E-state index contributed by atoms with van der Waals surface area (Å²) in [7, 11) is 0. The van der Waals surface area contributed by atoms with Crippen molar-refractivity contribution >= 4 is 29.1 Å². The van der Waals surface area contributed by atoms with E-state index < -0.39 is 6.10 Å². The van der Waals surface area contributed by atoms with E-state index in [1.54, 1.807) is 18.2 Å². The Balaban J connectivity index is 2.26. The topological polar surface area (TPSA) is 84.7 Å². The Bertz CT molecular complexity index is 550. The highest BCUT2D eigenvalue weighted by Crippen LogP contribution is 2.36. The number of fused-ring (bicyclic) bond motifs is 1. The fourth-order valence-electron chi connectivity index (χ4n) is 2.13. The molecule has 114 valence electrons. The van der Waals surface area contributed by atoms with Gasteiger partial charge in [-0.05, 0) is 24.6 Å². The largest absolute Gasteiger partial charge is 0.478 e. The van der Waals surface area contributed by atoms with E-state index in [1.165, 1.54) is 4.90 Å². The molecule has 1 heterocycles. The number of nitrogens with two attached hydrogens (primary N) is 1. The Morgan fingerprint density at radius 2 is 2.29 bits per heavy atom. The van der Waals surface area contributed by atoms with E-state index in [9.17, 15) is 9.59 Å². The maximum absolute atomic E-state index is 12.4. The molecule has 0 radical (unpaired) electrons. The summed E-state index contributed by atoms with van der Waals surface area (Å²) in [6.45, 7) is 2.50. The number of nitrogens with zero attached hydrogens (tertiary/aromatic N) is 1. The highest BCUT2D eigenvalue weighted by atomic mass is 35.5. The third-order valence-corrected chi connectivity index (χ3v) is 3.40. The predicted octanol–water partition coefficient (Wildman–Crippen LogP) is 0.919. The van der Waals surface area contributed by atoms with Gasteiger partial charge in [-0.15, -0.1) is 0 Å². The van der Waals surface area contributed by atoms with Crippen LogP contribution in [-0.2, 0) is 9.59 Å². The van der Waals surface area contributed by atoms with Crippen LogP contribution >= 0.6 is 11.6 Å². The third-order valence-electron chi connectivity index (χ3n) is 3.16. The zero-order chi connectivity index (χ0) is 15.4. The van der Waals surface area contributed by atoms with Crippen molar-refractivity contribution in [3.05, 3.63) is 23.2 Å². The van der Waals surface area contributed by atoms with Crippen LogP contribution in [0.2, 0.25) is 5.02 Å². The summed E-state index contributed by atoms with van der Waals surface area (Å²) in [6.07, 6.45) is -0.0528. The molecule has 2 amide bonds. The standard InChI is InChI=1S/C14H18ClN3O3/c1-2-11-14(20)18(8-13(19)17-6-5-16)10-7-9(15)3-4-12(10)21-11/h3-4,7,11H,2,5-6,8,16H2,1H3,(H,17,19). The van der Waals surface area contributed by atoms with Crippen molar-refractivity contribution < 1.29 is 14.3 Å². The summed E-state index contributed by atoms with van der Waals surface area (Å²) in [5.74, 6) is 0.0455. The Morgan fingerprint density at radius 1 is 1.52 bits per heavy atom. The summed E-state index contributed by atoms with van der Waals surface area (Å²) < 4.78 is 5.64. The molecular formula is C14H18ClN3O3. The van der Waals surface area contributed by atoms with Gasteiger partial charge in [0, 0.05) is 18.1 Å². The first-order valence-electron chi connectivity index (χ1n) is 6.81. The van der Waals surface area contributed by atoms with Gasteiger partial charge in [-0.2, -0.15) is 0 Å². The number of amides is 2. The number of rotatable bonds is 5. The van der Waals surface area contributed by atoms with Crippen LogP contribution in [0.3, 0.4) is 0 Å². The molecule has 6 nitrogen and oxygen atoms in total. The lowest BCUT2D eigenvalue weighted by molar-refractivity contribution is -0.129. The summed E-state index contributed by atoms with van der Waals surface area (Å²) in [4.78, 5) is 25.7. The van der Waals surface area contributed by atoms with E-state index in [2.05, 4.69) is 5.32 Å². The highest BCUT2D eigenvalue weighted by Gasteiger charge is 2.34. The minimum atomic E-state index is -0.582. The van der Waals surface area contributed by atoms with E-state index in [0.29, 0.717) is 36.0 Å². The monoisotopic (exact) mass is 311 g/mol. The van der Waals surface area contributed by atoms with Crippen LogP contribution in [0, 0.1) is 0 Å². The highest BCUT2D eigenvalue weighted by molar-refractivity contribution is 6.31. The molecule has 0 saturated heterocycles. The number of benzene rings is 1. The second kappa shape index (κ2) is 6.78. The van der Waals surface area contributed by atoms with Crippen LogP contribution in [0.4, 0.5) is 5.69 Å². The number of carbonyl (C=O) groups is 2. The molecule has 21 heavy (non-hydrogen) atoms. The Hall–Kier alpha value is -1.79.